The fourth-order valence-corrected chi connectivity index (χ4v) is 7.97. The van der Waals surface area contributed by atoms with Crippen molar-refractivity contribution >= 4 is 71.9 Å². The monoisotopic (exact) mass is 681 g/mol. The van der Waals surface area contributed by atoms with Crippen molar-refractivity contribution in [2.75, 3.05) is 4.90 Å². The molecule has 0 atom stereocenters. The van der Waals surface area contributed by atoms with E-state index >= 15 is 0 Å². The number of pyridine rings is 2. The number of hydrogen-bond donors (Lipinski definition) is 0. The molecule has 0 aliphatic heterocycles. The van der Waals surface area contributed by atoms with Gasteiger partial charge >= 0.3 is 0 Å². The molecule has 0 fully saturated rings. The molecule has 7 nitrogen and oxygen atoms in total. The van der Waals surface area contributed by atoms with Crippen molar-refractivity contribution in [1.82, 2.24) is 24.1 Å². The maximum absolute atomic E-state index is 7.82. The van der Waals surface area contributed by atoms with Gasteiger partial charge in [-0.05, 0) is 102 Å². The van der Waals surface area contributed by atoms with Crippen LogP contribution in [0.3, 0.4) is 0 Å². The Labute approximate surface area is 305 Å². The Morgan fingerprint density at radius 3 is 2.08 bits per heavy atom. The molecule has 10 aromatic rings. The van der Waals surface area contributed by atoms with Crippen LogP contribution < -0.4 is 4.90 Å². The summed E-state index contributed by atoms with van der Waals surface area (Å²) in [6, 6.07) is 50.4. The quantitative estimate of drug-likeness (QED) is 0.134. The number of aromatic nitrogens is 5. The van der Waals surface area contributed by atoms with Crippen molar-refractivity contribution in [2.45, 2.75) is 13.8 Å². The lowest BCUT2D eigenvalue weighted by atomic mass is 10.0. The van der Waals surface area contributed by atoms with Crippen LogP contribution in [0.5, 0.6) is 0 Å². The van der Waals surface area contributed by atoms with Crippen molar-refractivity contribution in [3.8, 4) is 17.2 Å². The van der Waals surface area contributed by atoms with E-state index in [1.807, 2.05) is 42.6 Å². The van der Waals surface area contributed by atoms with Crippen LogP contribution in [0.4, 0.5) is 22.7 Å². The highest BCUT2D eigenvalue weighted by atomic mass is 15.3. The van der Waals surface area contributed by atoms with E-state index in [-0.39, 0.29) is 0 Å². The topological polar surface area (TPSA) is 55.6 Å². The lowest BCUT2D eigenvalue weighted by molar-refractivity contribution is 1.08. The zero-order valence-corrected chi connectivity index (χ0v) is 29.1. The van der Waals surface area contributed by atoms with Crippen LogP contribution in [0, 0.1) is 20.4 Å². The second-order valence-electron chi connectivity index (χ2n) is 13.4. The fraction of sp³-hybridized carbons (Fsp3) is 0.0435. The number of benzene rings is 6. The van der Waals surface area contributed by atoms with Gasteiger partial charge in [0.25, 0.3) is 0 Å². The third kappa shape index (κ3) is 4.70. The van der Waals surface area contributed by atoms with E-state index in [0.717, 1.165) is 89.1 Å². The molecule has 0 N–H and O–H groups in total. The van der Waals surface area contributed by atoms with Crippen molar-refractivity contribution in [2.24, 2.45) is 0 Å². The summed E-state index contributed by atoms with van der Waals surface area (Å²) in [5.74, 6) is 1.66. The molecule has 10 rings (SSSR count). The lowest BCUT2D eigenvalue weighted by Gasteiger charge is -2.26. The molecule has 0 aliphatic carbocycles. The maximum Gasteiger partial charge on any atom is 0.188 e. The van der Waals surface area contributed by atoms with Gasteiger partial charge < -0.3 is 4.90 Å². The molecule has 6 aromatic carbocycles. The van der Waals surface area contributed by atoms with Crippen LogP contribution in [0.15, 0.2) is 152 Å². The second kappa shape index (κ2) is 11.9. The zero-order valence-electron chi connectivity index (χ0n) is 29.1. The van der Waals surface area contributed by atoms with Crippen molar-refractivity contribution in [3.63, 3.8) is 0 Å². The van der Waals surface area contributed by atoms with Gasteiger partial charge in [-0.3, -0.25) is 8.97 Å². The van der Waals surface area contributed by atoms with Gasteiger partial charge in [0.1, 0.15) is 5.82 Å². The highest BCUT2D eigenvalue weighted by molar-refractivity contribution is 6.14. The van der Waals surface area contributed by atoms with Gasteiger partial charge in [-0.25, -0.2) is 9.83 Å². The Hall–Kier alpha value is -7.30. The summed E-state index contributed by atoms with van der Waals surface area (Å²) >= 11 is 0. The Morgan fingerprint density at radius 2 is 1.28 bits per heavy atom. The van der Waals surface area contributed by atoms with Gasteiger partial charge in [0.05, 0.1) is 23.1 Å². The number of hydrogen-bond acceptors (Lipinski definition) is 4. The van der Waals surface area contributed by atoms with Crippen LogP contribution in [-0.4, -0.2) is 24.1 Å². The largest absolute Gasteiger partial charge is 0.310 e. The van der Waals surface area contributed by atoms with Gasteiger partial charge in [-0.1, -0.05) is 78.9 Å². The molecule has 0 unspecified atom stereocenters. The van der Waals surface area contributed by atoms with E-state index in [2.05, 4.69) is 142 Å². The molecule has 0 amide bonds. The molecule has 0 radical (unpaired) electrons. The highest BCUT2D eigenvalue weighted by Crippen LogP contribution is 2.42. The summed E-state index contributed by atoms with van der Waals surface area (Å²) < 4.78 is 4.41. The number of rotatable bonds is 5. The summed E-state index contributed by atoms with van der Waals surface area (Å²) in [5, 5.41) is 15.0. The summed E-state index contributed by atoms with van der Waals surface area (Å²) in [6.07, 6.45) is 1.84. The molecule has 0 spiro atoms. The molecule has 0 saturated heterocycles. The third-order valence-electron chi connectivity index (χ3n) is 10.3. The van der Waals surface area contributed by atoms with E-state index in [0.29, 0.717) is 5.69 Å². The number of aryl methyl sites for hydroxylation is 2. The first kappa shape index (κ1) is 30.5. The molecule has 7 heteroatoms. The smallest absolute Gasteiger partial charge is 0.188 e. The lowest BCUT2D eigenvalue weighted by Crippen LogP contribution is -2.10. The first-order valence-corrected chi connectivity index (χ1v) is 17.6. The first-order chi connectivity index (χ1) is 26.1. The third-order valence-corrected chi connectivity index (χ3v) is 10.3. The predicted octanol–water partition coefficient (Wildman–Crippen LogP) is 11.8. The summed E-state index contributed by atoms with van der Waals surface area (Å²) in [5.41, 5.74) is 10.8. The average molecular weight is 682 g/mol. The van der Waals surface area contributed by atoms with Gasteiger partial charge in [-0.15, -0.1) is 10.2 Å². The molecule has 0 saturated carbocycles. The Morgan fingerprint density at radius 1 is 0.547 bits per heavy atom. The molecule has 250 valence electrons. The molecular formula is C46H31N7. The minimum Gasteiger partial charge on any atom is -0.310 e. The number of fused-ring (bicyclic) bond motifs is 9. The van der Waals surface area contributed by atoms with Crippen molar-refractivity contribution in [1.29, 1.82) is 0 Å². The van der Waals surface area contributed by atoms with Crippen LogP contribution in [0.25, 0.3) is 71.2 Å². The van der Waals surface area contributed by atoms with E-state index in [4.69, 9.17) is 21.8 Å². The molecule has 0 bridgehead atoms. The number of nitrogens with zero attached hydrogens (tertiary/aromatic N) is 7. The highest BCUT2D eigenvalue weighted by Gasteiger charge is 2.22. The van der Waals surface area contributed by atoms with Gasteiger partial charge in [0, 0.05) is 45.0 Å². The second-order valence-corrected chi connectivity index (χ2v) is 13.4. The Kier molecular flexibility index (Phi) is 6.85. The van der Waals surface area contributed by atoms with Crippen LogP contribution in [0.1, 0.15) is 11.1 Å². The van der Waals surface area contributed by atoms with E-state index < -0.39 is 0 Å². The Balaban J connectivity index is 1.26. The summed E-state index contributed by atoms with van der Waals surface area (Å²) in [6.45, 7) is 12.0. The normalized spacial score (nSPS) is 11.6. The van der Waals surface area contributed by atoms with Gasteiger partial charge in [0.15, 0.2) is 17.2 Å². The standard InChI is InChI=1S/C46H31N7/c1-29-12-11-13-30(2)44(29)46-50-49-45-39-27-33(20-22-35(39)38-26-31(47-3)19-24-41(38)53(45)46)51(32-14-5-4-6-15-32)34-21-23-37-36-16-7-8-17-40(36)52(42(37)28-34)43-18-9-10-25-48-43/h4-28H,1-2H3. The fourth-order valence-electron chi connectivity index (χ4n) is 7.97. The minimum atomic E-state index is 0.589. The maximum atomic E-state index is 7.82. The average Bonchev–Trinajstić information content (AvgIpc) is 3.78. The molecule has 53 heavy (non-hydrogen) atoms. The van der Waals surface area contributed by atoms with Crippen LogP contribution in [-0.2, 0) is 0 Å². The zero-order chi connectivity index (χ0) is 35.6. The van der Waals surface area contributed by atoms with E-state index in [9.17, 15) is 0 Å². The van der Waals surface area contributed by atoms with Gasteiger partial charge in [0.2, 0.25) is 0 Å². The number of para-hydroxylation sites is 2. The number of anilines is 3. The molecular weight excluding hydrogens is 651 g/mol. The minimum absolute atomic E-state index is 0.589. The summed E-state index contributed by atoms with van der Waals surface area (Å²) in [7, 11) is 0. The molecule has 4 aromatic heterocycles. The van der Waals surface area contributed by atoms with Gasteiger partial charge in [-0.2, -0.15) is 0 Å². The SMILES string of the molecule is [C-]#[N+]c1ccc2c(c1)c1ccc(N(c3ccccc3)c3ccc4c5ccccc5n(-c5ccccn5)c4c3)cc1c1nnc(-c3c(C)cccc3C)n21. The summed E-state index contributed by atoms with van der Waals surface area (Å²) in [4.78, 5) is 10.8. The van der Waals surface area contributed by atoms with Crippen molar-refractivity contribution in [3.05, 3.63) is 174 Å². The van der Waals surface area contributed by atoms with E-state index in [1.54, 1.807) is 0 Å². The Bertz CT molecular complexity index is 3080. The first-order valence-electron chi connectivity index (χ1n) is 17.6. The van der Waals surface area contributed by atoms with Crippen LogP contribution >= 0.6 is 0 Å². The molecule has 4 heterocycles. The van der Waals surface area contributed by atoms with E-state index in [1.165, 1.54) is 5.39 Å². The van der Waals surface area contributed by atoms with Crippen LogP contribution in [0.2, 0.25) is 0 Å². The molecule has 0 aliphatic rings. The van der Waals surface area contributed by atoms with Crippen molar-refractivity contribution < 1.29 is 0 Å². The predicted molar refractivity (Wildman–Crippen MR) is 216 cm³/mol.